The van der Waals surface area contributed by atoms with Gasteiger partial charge in [0.2, 0.25) is 21.8 Å². The molecule has 0 aromatic heterocycles. The second-order valence-electron chi connectivity index (χ2n) is 8.86. The summed E-state index contributed by atoms with van der Waals surface area (Å²) in [5.74, 6) is -0.770. The third-order valence-corrected chi connectivity index (χ3v) is 7.33. The molecule has 0 saturated carbocycles. The van der Waals surface area contributed by atoms with Crippen molar-refractivity contribution in [2.45, 2.75) is 32.7 Å². The summed E-state index contributed by atoms with van der Waals surface area (Å²) in [6.45, 7) is 3.35. The Labute approximate surface area is 206 Å². The molecule has 1 atom stereocenters. The van der Waals surface area contributed by atoms with Crippen LogP contribution in [-0.2, 0) is 26.0 Å². The summed E-state index contributed by atoms with van der Waals surface area (Å²) < 4.78 is 26.5. The van der Waals surface area contributed by atoms with E-state index in [1.54, 1.807) is 31.2 Å². The molecule has 1 aliphatic rings. The lowest BCUT2D eigenvalue weighted by Crippen LogP contribution is -2.53. The van der Waals surface area contributed by atoms with E-state index in [9.17, 15) is 18.0 Å². The molecule has 182 valence electrons. The molecular weight excluding hydrogens is 462 g/mol. The fraction of sp³-hybridized carbons (Fsp3) is 0.259. The Morgan fingerprint density at radius 1 is 0.971 bits per heavy atom. The summed E-state index contributed by atoms with van der Waals surface area (Å²) in [5.41, 5.74) is 4.47. The van der Waals surface area contributed by atoms with E-state index in [0.29, 0.717) is 29.9 Å². The maximum Gasteiger partial charge on any atom is 0.248 e. The minimum atomic E-state index is -3.76. The SMILES string of the molecule is Cc1ccc(NC(=O)C2CCc3ccccc3N2C(=O)CN(c2ccccc2C)S(C)(=O)=O)cc1. The van der Waals surface area contributed by atoms with Gasteiger partial charge in [0, 0.05) is 11.4 Å². The lowest BCUT2D eigenvalue weighted by atomic mass is 9.95. The van der Waals surface area contributed by atoms with Gasteiger partial charge < -0.3 is 5.32 Å². The Bertz CT molecular complexity index is 1350. The smallest absolute Gasteiger partial charge is 0.248 e. The minimum absolute atomic E-state index is 0.307. The average Bonchev–Trinajstić information content (AvgIpc) is 2.83. The van der Waals surface area contributed by atoms with Gasteiger partial charge in [0.25, 0.3) is 0 Å². The number of rotatable bonds is 6. The zero-order valence-corrected chi connectivity index (χ0v) is 20.9. The molecular formula is C27H29N3O4S. The van der Waals surface area contributed by atoms with E-state index in [2.05, 4.69) is 5.32 Å². The quantitative estimate of drug-likeness (QED) is 0.564. The number of anilines is 3. The number of para-hydroxylation sites is 2. The highest BCUT2D eigenvalue weighted by Crippen LogP contribution is 2.32. The van der Waals surface area contributed by atoms with Crippen LogP contribution in [0.25, 0.3) is 0 Å². The van der Waals surface area contributed by atoms with Gasteiger partial charge in [0.05, 0.1) is 11.9 Å². The first-order valence-electron chi connectivity index (χ1n) is 11.5. The molecule has 1 unspecified atom stereocenters. The molecule has 1 N–H and O–H groups in total. The molecule has 1 aliphatic heterocycles. The van der Waals surface area contributed by atoms with Gasteiger partial charge >= 0.3 is 0 Å². The highest BCUT2D eigenvalue weighted by Gasteiger charge is 2.37. The number of fused-ring (bicyclic) bond motifs is 1. The number of carbonyl (C=O) groups excluding carboxylic acids is 2. The first kappa shape index (κ1) is 24.5. The monoisotopic (exact) mass is 491 g/mol. The van der Waals surface area contributed by atoms with E-state index < -0.39 is 28.5 Å². The Hall–Kier alpha value is -3.65. The van der Waals surface area contributed by atoms with Crippen LogP contribution in [0.4, 0.5) is 17.1 Å². The molecule has 35 heavy (non-hydrogen) atoms. The summed E-state index contributed by atoms with van der Waals surface area (Å²) in [5, 5.41) is 2.91. The molecule has 0 aliphatic carbocycles. The molecule has 2 amide bonds. The maximum absolute atomic E-state index is 13.8. The van der Waals surface area contributed by atoms with E-state index in [4.69, 9.17) is 0 Å². The second kappa shape index (κ2) is 9.92. The minimum Gasteiger partial charge on any atom is -0.324 e. The Kier molecular flexibility index (Phi) is 6.93. The van der Waals surface area contributed by atoms with Crippen LogP contribution in [0.3, 0.4) is 0 Å². The third kappa shape index (κ3) is 5.38. The molecule has 3 aromatic carbocycles. The van der Waals surface area contributed by atoms with Crippen LogP contribution >= 0.6 is 0 Å². The van der Waals surface area contributed by atoms with Crippen molar-refractivity contribution in [3.63, 3.8) is 0 Å². The highest BCUT2D eigenvalue weighted by atomic mass is 32.2. The van der Waals surface area contributed by atoms with Crippen LogP contribution < -0.4 is 14.5 Å². The van der Waals surface area contributed by atoms with Crippen molar-refractivity contribution in [1.29, 1.82) is 0 Å². The van der Waals surface area contributed by atoms with Crippen LogP contribution in [0.5, 0.6) is 0 Å². The Morgan fingerprint density at radius 2 is 1.63 bits per heavy atom. The number of aryl methyl sites for hydroxylation is 3. The van der Waals surface area contributed by atoms with Crippen molar-refractivity contribution in [2.24, 2.45) is 0 Å². The van der Waals surface area contributed by atoms with E-state index in [-0.39, 0.29) is 5.91 Å². The fourth-order valence-corrected chi connectivity index (χ4v) is 5.30. The van der Waals surface area contributed by atoms with Crippen molar-refractivity contribution in [3.05, 3.63) is 89.5 Å². The number of nitrogens with one attached hydrogen (secondary N) is 1. The number of amides is 2. The number of nitrogens with zero attached hydrogens (tertiary/aromatic N) is 2. The number of carbonyl (C=O) groups is 2. The number of hydrogen-bond acceptors (Lipinski definition) is 4. The number of sulfonamides is 1. The van der Waals surface area contributed by atoms with Gasteiger partial charge in [-0.1, -0.05) is 54.1 Å². The van der Waals surface area contributed by atoms with Crippen molar-refractivity contribution in [1.82, 2.24) is 0 Å². The molecule has 0 bridgehead atoms. The summed E-state index contributed by atoms with van der Waals surface area (Å²) in [7, 11) is -3.76. The number of hydrogen-bond donors (Lipinski definition) is 1. The molecule has 0 spiro atoms. The van der Waals surface area contributed by atoms with Gasteiger partial charge in [0.15, 0.2) is 0 Å². The van der Waals surface area contributed by atoms with Gasteiger partial charge in [-0.2, -0.15) is 0 Å². The average molecular weight is 492 g/mol. The summed E-state index contributed by atoms with van der Waals surface area (Å²) >= 11 is 0. The summed E-state index contributed by atoms with van der Waals surface area (Å²) in [6, 6.07) is 21.1. The lowest BCUT2D eigenvalue weighted by Gasteiger charge is -2.37. The molecule has 0 fully saturated rings. The largest absolute Gasteiger partial charge is 0.324 e. The molecule has 3 aromatic rings. The molecule has 0 radical (unpaired) electrons. The predicted molar refractivity (Wildman–Crippen MR) is 139 cm³/mol. The van der Waals surface area contributed by atoms with Gasteiger partial charge in [-0.15, -0.1) is 0 Å². The Balaban J connectivity index is 1.68. The second-order valence-corrected chi connectivity index (χ2v) is 10.8. The lowest BCUT2D eigenvalue weighted by molar-refractivity contribution is -0.123. The molecule has 4 rings (SSSR count). The first-order valence-corrected chi connectivity index (χ1v) is 13.3. The van der Waals surface area contributed by atoms with Crippen LogP contribution in [0, 0.1) is 13.8 Å². The summed E-state index contributed by atoms with van der Waals surface area (Å²) in [6.07, 6.45) is 2.15. The maximum atomic E-state index is 13.8. The first-order chi connectivity index (χ1) is 16.6. The highest BCUT2D eigenvalue weighted by molar-refractivity contribution is 7.92. The van der Waals surface area contributed by atoms with Crippen molar-refractivity contribution in [2.75, 3.05) is 27.3 Å². The van der Waals surface area contributed by atoms with Crippen LogP contribution in [0.1, 0.15) is 23.1 Å². The predicted octanol–water partition coefficient (Wildman–Crippen LogP) is 4.06. The van der Waals surface area contributed by atoms with Gasteiger partial charge in [-0.25, -0.2) is 8.42 Å². The standard InChI is InChI=1S/C27H29N3O4S/c1-19-12-15-22(16-13-19)28-27(32)25-17-14-21-9-5-7-11-24(21)30(25)26(31)18-29(35(3,33)34)23-10-6-4-8-20(23)2/h4-13,15-16,25H,14,17-18H2,1-3H3,(H,28,32). The van der Waals surface area contributed by atoms with Crippen molar-refractivity contribution >= 4 is 38.9 Å². The molecule has 0 saturated heterocycles. The zero-order chi connectivity index (χ0) is 25.2. The van der Waals surface area contributed by atoms with Gasteiger partial charge in [-0.05, 0) is 62.1 Å². The topological polar surface area (TPSA) is 86.8 Å². The van der Waals surface area contributed by atoms with Crippen LogP contribution in [-0.4, -0.2) is 39.1 Å². The van der Waals surface area contributed by atoms with Crippen molar-refractivity contribution < 1.29 is 18.0 Å². The Morgan fingerprint density at radius 3 is 2.31 bits per heavy atom. The van der Waals surface area contributed by atoms with E-state index in [1.165, 1.54) is 4.90 Å². The summed E-state index contributed by atoms with van der Waals surface area (Å²) in [4.78, 5) is 28.6. The van der Waals surface area contributed by atoms with E-state index in [1.807, 2.05) is 55.5 Å². The molecule has 8 heteroatoms. The third-order valence-electron chi connectivity index (χ3n) is 6.20. The zero-order valence-electron chi connectivity index (χ0n) is 20.1. The fourth-order valence-electron chi connectivity index (χ4n) is 4.39. The number of benzene rings is 3. The van der Waals surface area contributed by atoms with E-state index in [0.717, 1.165) is 27.3 Å². The van der Waals surface area contributed by atoms with Crippen LogP contribution in [0.2, 0.25) is 0 Å². The normalized spacial score (nSPS) is 15.3. The van der Waals surface area contributed by atoms with Gasteiger partial charge in [-0.3, -0.25) is 18.8 Å². The van der Waals surface area contributed by atoms with Crippen molar-refractivity contribution in [3.8, 4) is 0 Å². The van der Waals surface area contributed by atoms with Crippen LogP contribution in [0.15, 0.2) is 72.8 Å². The van der Waals surface area contributed by atoms with E-state index >= 15 is 0 Å². The van der Waals surface area contributed by atoms with Gasteiger partial charge in [0.1, 0.15) is 12.6 Å². The molecule has 7 nitrogen and oxygen atoms in total. The molecule has 1 heterocycles.